The maximum absolute atomic E-state index is 12.2. The number of hydrogen-bond donors (Lipinski definition) is 2. The van der Waals surface area contributed by atoms with E-state index in [1.54, 1.807) is 32.0 Å². The van der Waals surface area contributed by atoms with Crippen LogP contribution in [0.2, 0.25) is 10.0 Å². The zero-order chi connectivity index (χ0) is 17.1. The van der Waals surface area contributed by atoms with Crippen LogP contribution in [0.1, 0.15) is 52.1 Å². The Morgan fingerprint density at radius 1 is 1.26 bits per heavy atom. The SMILES string of the molecule is CCc1oc(C(=O)NC(C)c2ccc(Cl)c(Cl)c2)cc1C(=O)O. The van der Waals surface area contributed by atoms with Gasteiger partial charge in [0, 0.05) is 12.5 Å². The van der Waals surface area contributed by atoms with Gasteiger partial charge in [-0.05, 0) is 24.6 Å². The third-order valence-corrected chi connectivity index (χ3v) is 4.11. The van der Waals surface area contributed by atoms with Gasteiger partial charge in [0.1, 0.15) is 11.3 Å². The van der Waals surface area contributed by atoms with Crippen molar-refractivity contribution in [2.45, 2.75) is 26.3 Å². The number of hydrogen-bond acceptors (Lipinski definition) is 3. The number of carboxylic acids is 1. The highest BCUT2D eigenvalue weighted by molar-refractivity contribution is 6.42. The van der Waals surface area contributed by atoms with Crippen LogP contribution >= 0.6 is 23.2 Å². The highest BCUT2D eigenvalue weighted by atomic mass is 35.5. The van der Waals surface area contributed by atoms with Crippen molar-refractivity contribution in [3.05, 3.63) is 57.0 Å². The number of carboxylic acid groups (broad SMARTS) is 1. The first-order chi connectivity index (χ1) is 10.8. The van der Waals surface area contributed by atoms with Gasteiger partial charge >= 0.3 is 5.97 Å². The molecule has 2 N–H and O–H groups in total. The number of nitrogens with one attached hydrogen (secondary N) is 1. The van der Waals surface area contributed by atoms with Gasteiger partial charge in [-0.3, -0.25) is 4.79 Å². The molecule has 5 nitrogen and oxygen atoms in total. The molecule has 0 radical (unpaired) electrons. The first-order valence-corrected chi connectivity index (χ1v) is 7.70. The minimum absolute atomic E-state index is 0.000148. The number of aromatic carboxylic acids is 1. The quantitative estimate of drug-likeness (QED) is 0.835. The maximum Gasteiger partial charge on any atom is 0.339 e. The molecule has 0 aliphatic rings. The van der Waals surface area contributed by atoms with Crippen LogP contribution in [0.4, 0.5) is 0 Å². The van der Waals surface area contributed by atoms with Crippen molar-refractivity contribution < 1.29 is 19.1 Å². The molecule has 1 heterocycles. The molecule has 0 fully saturated rings. The van der Waals surface area contributed by atoms with Gasteiger partial charge in [-0.25, -0.2) is 4.79 Å². The molecule has 23 heavy (non-hydrogen) atoms. The smallest absolute Gasteiger partial charge is 0.339 e. The fourth-order valence-corrected chi connectivity index (χ4v) is 2.42. The van der Waals surface area contributed by atoms with Crippen molar-refractivity contribution >= 4 is 35.1 Å². The van der Waals surface area contributed by atoms with Crippen molar-refractivity contribution in [1.82, 2.24) is 5.32 Å². The van der Waals surface area contributed by atoms with Crippen LogP contribution in [0.25, 0.3) is 0 Å². The topological polar surface area (TPSA) is 79.5 Å². The Bertz CT molecular complexity index is 755. The number of carbonyl (C=O) groups is 2. The van der Waals surface area contributed by atoms with Gasteiger partial charge in [0.25, 0.3) is 5.91 Å². The molecule has 1 aromatic heterocycles. The summed E-state index contributed by atoms with van der Waals surface area (Å²) in [4.78, 5) is 23.3. The Kier molecular flexibility index (Phi) is 5.34. The van der Waals surface area contributed by atoms with Crippen LogP contribution in [-0.2, 0) is 6.42 Å². The van der Waals surface area contributed by atoms with E-state index in [-0.39, 0.29) is 23.1 Å². The maximum atomic E-state index is 12.2. The molecule has 1 unspecified atom stereocenters. The molecule has 2 rings (SSSR count). The summed E-state index contributed by atoms with van der Waals surface area (Å²) < 4.78 is 5.33. The van der Waals surface area contributed by atoms with Gasteiger partial charge in [0.2, 0.25) is 0 Å². The van der Waals surface area contributed by atoms with Gasteiger partial charge < -0.3 is 14.8 Å². The van der Waals surface area contributed by atoms with Crippen molar-refractivity contribution in [2.24, 2.45) is 0 Å². The zero-order valence-electron chi connectivity index (χ0n) is 12.5. The van der Waals surface area contributed by atoms with Crippen molar-refractivity contribution in [1.29, 1.82) is 0 Å². The molecule has 7 heteroatoms. The van der Waals surface area contributed by atoms with Gasteiger partial charge in [0.05, 0.1) is 16.1 Å². The summed E-state index contributed by atoms with van der Waals surface area (Å²) in [7, 11) is 0. The van der Waals surface area contributed by atoms with Gasteiger partial charge in [-0.15, -0.1) is 0 Å². The minimum Gasteiger partial charge on any atom is -0.478 e. The van der Waals surface area contributed by atoms with Crippen LogP contribution in [-0.4, -0.2) is 17.0 Å². The van der Waals surface area contributed by atoms with Crippen LogP contribution in [0.3, 0.4) is 0 Å². The lowest BCUT2D eigenvalue weighted by atomic mass is 10.1. The molecule has 0 aliphatic heterocycles. The number of furan rings is 1. The summed E-state index contributed by atoms with van der Waals surface area (Å²) in [5.74, 6) is -1.39. The summed E-state index contributed by atoms with van der Waals surface area (Å²) in [6.45, 7) is 3.53. The third-order valence-electron chi connectivity index (χ3n) is 3.38. The lowest BCUT2D eigenvalue weighted by molar-refractivity contribution is 0.0694. The van der Waals surface area contributed by atoms with Crippen LogP contribution in [0, 0.1) is 0 Å². The van der Waals surface area contributed by atoms with Gasteiger partial charge in [-0.2, -0.15) is 0 Å². The molecule has 2 aromatic rings. The molecular weight excluding hydrogens is 341 g/mol. The molecule has 0 saturated carbocycles. The molecule has 0 saturated heterocycles. The van der Waals surface area contributed by atoms with E-state index in [1.165, 1.54) is 6.07 Å². The molecule has 0 aliphatic carbocycles. The number of halogens is 2. The second-order valence-electron chi connectivity index (χ2n) is 4.97. The Balaban J connectivity index is 2.18. The average Bonchev–Trinajstić information content (AvgIpc) is 2.94. The summed E-state index contributed by atoms with van der Waals surface area (Å²) in [5.41, 5.74) is 0.772. The Morgan fingerprint density at radius 2 is 1.96 bits per heavy atom. The fourth-order valence-electron chi connectivity index (χ4n) is 2.12. The van der Waals surface area contributed by atoms with Crippen molar-refractivity contribution in [3.8, 4) is 0 Å². The number of carbonyl (C=O) groups excluding carboxylic acids is 1. The third kappa shape index (κ3) is 3.86. The number of aryl methyl sites for hydroxylation is 1. The fraction of sp³-hybridized carbons (Fsp3) is 0.250. The lowest BCUT2D eigenvalue weighted by Gasteiger charge is -2.14. The minimum atomic E-state index is -1.12. The number of amides is 1. The second-order valence-corrected chi connectivity index (χ2v) is 5.79. The highest BCUT2D eigenvalue weighted by Gasteiger charge is 2.21. The number of rotatable bonds is 5. The molecule has 1 aromatic carbocycles. The van der Waals surface area contributed by atoms with E-state index < -0.39 is 11.9 Å². The van der Waals surface area contributed by atoms with E-state index in [1.807, 2.05) is 0 Å². The first-order valence-electron chi connectivity index (χ1n) is 6.95. The summed E-state index contributed by atoms with van der Waals surface area (Å²) in [6.07, 6.45) is 0.386. The molecule has 1 atom stereocenters. The lowest BCUT2D eigenvalue weighted by Crippen LogP contribution is -2.26. The summed E-state index contributed by atoms with van der Waals surface area (Å²) in [5, 5.41) is 12.6. The van der Waals surface area contributed by atoms with E-state index in [0.29, 0.717) is 16.5 Å². The molecule has 1 amide bonds. The monoisotopic (exact) mass is 355 g/mol. The van der Waals surface area contributed by atoms with Crippen LogP contribution in [0.15, 0.2) is 28.7 Å². The van der Waals surface area contributed by atoms with Crippen molar-refractivity contribution in [2.75, 3.05) is 0 Å². The van der Waals surface area contributed by atoms with Crippen LogP contribution < -0.4 is 5.32 Å². The Labute approximate surface area is 143 Å². The molecule has 0 spiro atoms. The predicted octanol–water partition coefficient (Wildman–Crippen LogP) is 4.34. The first kappa shape index (κ1) is 17.4. The largest absolute Gasteiger partial charge is 0.478 e. The average molecular weight is 356 g/mol. The van der Waals surface area contributed by atoms with E-state index in [9.17, 15) is 9.59 Å². The number of benzene rings is 1. The van der Waals surface area contributed by atoms with Crippen LogP contribution in [0.5, 0.6) is 0 Å². The van der Waals surface area contributed by atoms with Gasteiger partial charge in [-0.1, -0.05) is 36.2 Å². The van der Waals surface area contributed by atoms with Crippen molar-refractivity contribution in [3.63, 3.8) is 0 Å². The van der Waals surface area contributed by atoms with E-state index >= 15 is 0 Å². The Hall–Kier alpha value is -1.98. The van der Waals surface area contributed by atoms with E-state index in [4.69, 9.17) is 32.7 Å². The summed E-state index contributed by atoms with van der Waals surface area (Å²) in [6, 6.07) is 5.95. The normalized spacial score (nSPS) is 12.0. The van der Waals surface area contributed by atoms with E-state index in [2.05, 4.69) is 5.32 Å². The standard InChI is InChI=1S/C16H15Cl2NO4/c1-3-13-10(16(21)22)7-14(23-13)15(20)19-8(2)9-4-5-11(17)12(18)6-9/h4-8H,3H2,1-2H3,(H,19,20)(H,21,22). The predicted molar refractivity (Wildman–Crippen MR) is 87.4 cm³/mol. The Morgan fingerprint density at radius 3 is 2.48 bits per heavy atom. The summed E-state index contributed by atoms with van der Waals surface area (Å²) >= 11 is 11.8. The molecule has 0 bridgehead atoms. The second kappa shape index (κ2) is 7.06. The van der Waals surface area contributed by atoms with E-state index in [0.717, 1.165) is 5.56 Å². The molecular formula is C16H15Cl2NO4. The highest BCUT2D eigenvalue weighted by Crippen LogP contribution is 2.26. The zero-order valence-corrected chi connectivity index (χ0v) is 14.0. The molecule has 122 valence electrons. The van der Waals surface area contributed by atoms with Gasteiger partial charge in [0.15, 0.2) is 5.76 Å².